The van der Waals surface area contributed by atoms with Crippen LogP contribution in [-0.4, -0.2) is 27.9 Å². The molecule has 0 fully saturated rings. The molecule has 0 amide bonds. The van der Waals surface area contributed by atoms with Crippen LogP contribution in [0.2, 0.25) is 0 Å². The first kappa shape index (κ1) is 12.9. The summed E-state index contributed by atoms with van der Waals surface area (Å²) in [7, 11) is 0. The average Bonchev–Trinajstić information content (AvgIpc) is 2.73. The predicted octanol–water partition coefficient (Wildman–Crippen LogP) is 2.46. The van der Waals surface area contributed by atoms with Crippen molar-refractivity contribution < 1.29 is 0 Å². The van der Waals surface area contributed by atoms with Gasteiger partial charge in [0.2, 0.25) is 11.9 Å². The van der Waals surface area contributed by atoms with Crippen molar-refractivity contribution in [3.05, 3.63) is 28.7 Å². The number of benzene rings is 1. The van der Waals surface area contributed by atoms with Crippen molar-refractivity contribution in [3.63, 3.8) is 0 Å². The summed E-state index contributed by atoms with van der Waals surface area (Å²) in [6.07, 6.45) is 0. The minimum atomic E-state index is 0.398. The minimum absolute atomic E-state index is 0.398. The van der Waals surface area contributed by atoms with Crippen LogP contribution in [0.15, 0.2) is 28.7 Å². The van der Waals surface area contributed by atoms with Crippen LogP contribution < -0.4 is 10.6 Å². The lowest BCUT2D eigenvalue weighted by molar-refractivity contribution is 0.802. The maximum Gasteiger partial charge on any atom is 0.246 e. The second-order valence-corrected chi connectivity index (χ2v) is 4.75. The van der Waals surface area contributed by atoms with Crippen LogP contribution in [0.3, 0.4) is 0 Å². The zero-order valence-electron chi connectivity index (χ0n) is 10.5. The van der Waals surface area contributed by atoms with E-state index in [0.29, 0.717) is 11.9 Å². The van der Waals surface area contributed by atoms with Gasteiger partial charge in [0.15, 0.2) is 0 Å². The van der Waals surface area contributed by atoms with E-state index in [1.54, 1.807) is 4.68 Å². The molecular weight excluding hydrogens is 294 g/mol. The van der Waals surface area contributed by atoms with Gasteiger partial charge in [-0.3, -0.25) is 0 Å². The van der Waals surface area contributed by atoms with Crippen LogP contribution in [0.1, 0.15) is 13.8 Å². The predicted molar refractivity (Wildman–Crippen MR) is 77.0 cm³/mol. The fourth-order valence-corrected chi connectivity index (χ4v) is 2.14. The van der Waals surface area contributed by atoms with Gasteiger partial charge in [-0.05, 0) is 32.0 Å². The van der Waals surface area contributed by atoms with Gasteiger partial charge in [0, 0.05) is 17.6 Å². The summed E-state index contributed by atoms with van der Waals surface area (Å²) < 4.78 is 2.64. The van der Waals surface area contributed by atoms with Crippen molar-refractivity contribution in [2.75, 3.05) is 23.7 Å². The van der Waals surface area contributed by atoms with E-state index in [2.05, 4.69) is 44.8 Å². The smallest absolute Gasteiger partial charge is 0.246 e. The molecule has 1 aromatic heterocycles. The van der Waals surface area contributed by atoms with Gasteiger partial charge in [0.05, 0.1) is 5.69 Å². The Morgan fingerprint density at radius 1 is 1.33 bits per heavy atom. The van der Waals surface area contributed by atoms with Crippen LogP contribution in [-0.2, 0) is 0 Å². The summed E-state index contributed by atoms with van der Waals surface area (Å²) in [6, 6.07) is 7.80. The molecule has 1 aromatic carbocycles. The third-order valence-corrected chi connectivity index (χ3v) is 3.21. The molecule has 2 rings (SSSR count). The van der Waals surface area contributed by atoms with Gasteiger partial charge >= 0.3 is 0 Å². The first-order valence-electron chi connectivity index (χ1n) is 5.89. The molecule has 0 aliphatic carbocycles. The molecule has 96 valence electrons. The number of nitrogens with zero attached hydrogens (tertiary/aromatic N) is 4. The second kappa shape index (κ2) is 5.39. The van der Waals surface area contributed by atoms with E-state index in [1.165, 1.54) is 0 Å². The Bertz CT molecular complexity index is 533. The van der Waals surface area contributed by atoms with Crippen LogP contribution in [0.25, 0.3) is 5.69 Å². The molecule has 0 radical (unpaired) electrons. The highest BCUT2D eigenvalue weighted by Gasteiger charge is 2.12. The molecule has 0 atom stereocenters. The van der Waals surface area contributed by atoms with Crippen molar-refractivity contribution in [2.45, 2.75) is 13.8 Å². The van der Waals surface area contributed by atoms with Gasteiger partial charge in [-0.25, -0.2) is 0 Å². The normalized spacial score (nSPS) is 10.6. The van der Waals surface area contributed by atoms with Crippen LogP contribution in [0, 0.1) is 0 Å². The third kappa shape index (κ3) is 2.48. The second-order valence-electron chi connectivity index (χ2n) is 3.83. The Kier molecular flexibility index (Phi) is 3.86. The third-order valence-electron chi connectivity index (χ3n) is 2.72. The molecule has 0 saturated heterocycles. The first-order chi connectivity index (χ1) is 8.65. The van der Waals surface area contributed by atoms with Gasteiger partial charge in [-0.1, -0.05) is 22.0 Å². The van der Waals surface area contributed by atoms with E-state index < -0.39 is 0 Å². The van der Waals surface area contributed by atoms with Gasteiger partial charge in [-0.15, -0.1) is 5.10 Å². The molecule has 6 heteroatoms. The Morgan fingerprint density at radius 2 is 2.06 bits per heavy atom. The van der Waals surface area contributed by atoms with Gasteiger partial charge < -0.3 is 10.6 Å². The molecule has 0 aliphatic rings. The van der Waals surface area contributed by atoms with Crippen molar-refractivity contribution in [3.8, 4) is 5.69 Å². The topological polar surface area (TPSA) is 60.0 Å². The number of aromatic nitrogens is 3. The fraction of sp³-hybridized carbons (Fsp3) is 0.333. The Labute approximate surface area is 115 Å². The van der Waals surface area contributed by atoms with Gasteiger partial charge in [0.1, 0.15) is 0 Å². The first-order valence-corrected chi connectivity index (χ1v) is 6.68. The molecule has 2 N–H and O–H groups in total. The van der Waals surface area contributed by atoms with Crippen LogP contribution in [0.4, 0.5) is 11.9 Å². The average molecular weight is 310 g/mol. The summed E-state index contributed by atoms with van der Waals surface area (Å²) in [6.45, 7) is 5.86. The van der Waals surface area contributed by atoms with E-state index in [4.69, 9.17) is 5.73 Å². The molecule has 0 spiro atoms. The number of rotatable bonds is 4. The summed E-state index contributed by atoms with van der Waals surface area (Å²) >= 11 is 3.43. The fourth-order valence-electron chi connectivity index (χ4n) is 1.75. The largest absolute Gasteiger partial charge is 0.368 e. The zero-order chi connectivity index (χ0) is 13.1. The number of hydrogen-bond acceptors (Lipinski definition) is 4. The Hall–Kier alpha value is -1.56. The number of hydrogen-bond donors (Lipinski definition) is 1. The van der Waals surface area contributed by atoms with Crippen LogP contribution >= 0.6 is 15.9 Å². The molecule has 2 aromatic rings. The van der Waals surface area contributed by atoms with Crippen molar-refractivity contribution in [1.82, 2.24) is 14.8 Å². The summed E-state index contributed by atoms with van der Waals surface area (Å²) in [5.41, 5.74) is 6.81. The number of nitrogens with two attached hydrogens (primary N) is 1. The Morgan fingerprint density at radius 3 is 2.67 bits per heavy atom. The zero-order valence-corrected chi connectivity index (χ0v) is 12.1. The SMILES string of the molecule is CCN(CC)c1nc(N)n(-c2cccc(Br)c2)n1. The number of anilines is 2. The van der Waals surface area contributed by atoms with Crippen molar-refractivity contribution >= 4 is 27.8 Å². The van der Waals surface area contributed by atoms with Gasteiger partial charge in [-0.2, -0.15) is 9.67 Å². The van der Waals surface area contributed by atoms with Crippen molar-refractivity contribution in [2.24, 2.45) is 0 Å². The monoisotopic (exact) mass is 309 g/mol. The molecule has 18 heavy (non-hydrogen) atoms. The number of nitrogen functional groups attached to an aromatic ring is 1. The molecule has 1 heterocycles. The standard InChI is InChI=1S/C12H16BrN5/c1-3-17(4-2)12-15-11(14)18(16-12)10-7-5-6-9(13)8-10/h5-8H,3-4H2,1-2H3,(H2,14,15,16). The summed E-state index contributed by atoms with van der Waals surface area (Å²) in [5, 5.41) is 4.45. The molecular formula is C12H16BrN5. The van der Waals surface area contributed by atoms with E-state index in [1.807, 2.05) is 24.3 Å². The molecule has 5 nitrogen and oxygen atoms in total. The molecule has 0 unspecified atom stereocenters. The molecule has 0 saturated carbocycles. The highest BCUT2D eigenvalue weighted by molar-refractivity contribution is 9.10. The van der Waals surface area contributed by atoms with E-state index >= 15 is 0 Å². The lowest BCUT2D eigenvalue weighted by atomic mass is 10.3. The lowest BCUT2D eigenvalue weighted by Crippen LogP contribution is -2.23. The van der Waals surface area contributed by atoms with E-state index in [-0.39, 0.29) is 0 Å². The highest BCUT2D eigenvalue weighted by atomic mass is 79.9. The molecule has 0 aliphatic heterocycles. The van der Waals surface area contributed by atoms with Crippen LogP contribution in [0.5, 0.6) is 0 Å². The van der Waals surface area contributed by atoms with Crippen molar-refractivity contribution in [1.29, 1.82) is 0 Å². The Balaban J connectivity index is 2.40. The van der Waals surface area contributed by atoms with E-state index in [9.17, 15) is 0 Å². The minimum Gasteiger partial charge on any atom is -0.368 e. The quantitative estimate of drug-likeness (QED) is 0.942. The maximum atomic E-state index is 5.92. The van der Waals surface area contributed by atoms with E-state index in [0.717, 1.165) is 23.2 Å². The molecule has 0 bridgehead atoms. The summed E-state index contributed by atoms with van der Waals surface area (Å²) in [5.74, 6) is 1.06. The summed E-state index contributed by atoms with van der Waals surface area (Å²) in [4.78, 5) is 6.36. The number of halogens is 1. The van der Waals surface area contributed by atoms with Gasteiger partial charge in [0.25, 0.3) is 0 Å². The highest BCUT2D eigenvalue weighted by Crippen LogP contribution is 2.19. The maximum absolute atomic E-state index is 5.92. The lowest BCUT2D eigenvalue weighted by Gasteiger charge is -2.15.